The number of unbranched alkanes of at least 4 members (excludes halogenated alkanes) is 1. The molecule has 5 heteroatoms. The highest BCUT2D eigenvalue weighted by atomic mass is 16.5. The fraction of sp³-hybridized carbons (Fsp3) is 0.333. The standard InChI is InChI=1S/C15H18O5/c1-11(2)15(18)20-10-4-3-9-19-13-7-5-12(6-8-13)14(16)17/h5-8H,1,3-4,9-10H2,2H3,(H,16,17). The number of rotatable bonds is 8. The van der Waals surface area contributed by atoms with E-state index in [1.807, 2.05) is 0 Å². The van der Waals surface area contributed by atoms with Gasteiger partial charge >= 0.3 is 11.9 Å². The van der Waals surface area contributed by atoms with Gasteiger partial charge in [0.2, 0.25) is 0 Å². The minimum absolute atomic E-state index is 0.226. The molecule has 0 aliphatic heterocycles. The lowest BCUT2D eigenvalue weighted by Crippen LogP contribution is -2.07. The summed E-state index contributed by atoms with van der Waals surface area (Å²) in [5.41, 5.74) is 0.615. The Morgan fingerprint density at radius 1 is 1.15 bits per heavy atom. The minimum atomic E-state index is -0.962. The van der Waals surface area contributed by atoms with Crippen LogP contribution in [0.1, 0.15) is 30.1 Å². The molecule has 1 N–H and O–H groups in total. The highest BCUT2D eigenvalue weighted by Crippen LogP contribution is 2.12. The Balaban J connectivity index is 2.17. The molecule has 1 aromatic rings. The summed E-state index contributed by atoms with van der Waals surface area (Å²) in [6.07, 6.45) is 1.44. The molecule has 108 valence electrons. The van der Waals surface area contributed by atoms with Gasteiger partial charge in [-0.15, -0.1) is 0 Å². The third-order valence-corrected chi connectivity index (χ3v) is 2.49. The summed E-state index contributed by atoms with van der Waals surface area (Å²) in [6.45, 7) is 5.92. The summed E-state index contributed by atoms with van der Waals surface area (Å²) in [5, 5.41) is 8.74. The second kappa shape index (κ2) is 7.99. The number of ether oxygens (including phenoxy) is 2. The zero-order chi connectivity index (χ0) is 15.0. The first kappa shape index (κ1) is 15.8. The lowest BCUT2D eigenvalue weighted by atomic mass is 10.2. The topological polar surface area (TPSA) is 72.8 Å². The largest absolute Gasteiger partial charge is 0.494 e. The molecule has 0 aliphatic carbocycles. The third-order valence-electron chi connectivity index (χ3n) is 2.49. The number of esters is 1. The normalized spacial score (nSPS) is 9.85. The molecule has 0 atom stereocenters. The quantitative estimate of drug-likeness (QED) is 0.449. The number of aromatic carboxylic acids is 1. The van der Waals surface area contributed by atoms with Crippen molar-refractivity contribution in [2.75, 3.05) is 13.2 Å². The second-order valence-electron chi connectivity index (χ2n) is 4.30. The first-order valence-corrected chi connectivity index (χ1v) is 6.29. The number of hydrogen-bond donors (Lipinski definition) is 1. The van der Waals surface area contributed by atoms with E-state index in [4.69, 9.17) is 14.6 Å². The second-order valence-corrected chi connectivity index (χ2v) is 4.30. The molecule has 0 aromatic heterocycles. The number of carboxylic acids is 1. The SMILES string of the molecule is C=C(C)C(=O)OCCCCOc1ccc(C(=O)O)cc1. The highest BCUT2D eigenvalue weighted by molar-refractivity contribution is 5.87. The molecule has 0 radical (unpaired) electrons. The van der Waals surface area contributed by atoms with Crippen molar-refractivity contribution < 1.29 is 24.2 Å². The lowest BCUT2D eigenvalue weighted by molar-refractivity contribution is -0.139. The molecule has 0 spiro atoms. The van der Waals surface area contributed by atoms with Gasteiger partial charge in [-0.2, -0.15) is 0 Å². The van der Waals surface area contributed by atoms with Crippen LogP contribution in [0.4, 0.5) is 0 Å². The molecule has 1 aromatic carbocycles. The number of carboxylic acid groups (broad SMARTS) is 1. The molecular weight excluding hydrogens is 260 g/mol. The van der Waals surface area contributed by atoms with E-state index in [2.05, 4.69) is 6.58 Å². The van der Waals surface area contributed by atoms with Crippen LogP contribution in [0, 0.1) is 0 Å². The van der Waals surface area contributed by atoms with Crippen molar-refractivity contribution in [3.8, 4) is 5.75 Å². The number of carbonyl (C=O) groups is 2. The van der Waals surface area contributed by atoms with Crippen LogP contribution in [0.25, 0.3) is 0 Å². The molecule has 1 rings (SSSR count). The fourth-order valence-electron chi connectivity index (χ4n) is 1.38. The van der Waals surface area contributed by atoms with Crippen molar-refractivity contribution in [1.82, 2.24) is 0 Å². The first-order valence-electron chi connectivity index (χ1n) is 6.29. The van der Waals surface area contributed by atoms with Gasteiger partial charge in [0.25, 0.3) is 0 Å². The van der Waals surface area contributed by atoms with Crippen molar-refractivity contribution >= 4 is 11.9 Å². The summed E-state index contributed by atoms with van der Waals surface area (Å²) < 4.78 is 10.4. The van der Waals surface area contributed by atoms with Gasteiger partial charge in [-0.25, -0.2) is 9.59 Å². The van der Waals surface area contributed by atoms with Gasteiger partial charge in [0.05, 0.1) is 18.8 Å². The van der Waals surface area contributed by atoms with Crippen LogP contribution < -0.4 is 4.74 Å². The van der Waals surface area contributed by atoms with Gasteiger partial charge in [-0.05, 0) is 44.0 Å². The molecule has 0 fully saturated rings. The van der Waals surface area contributed by atoms with Crippen LogP contribution in [-0.2, 0) is 9.53 Å². The molecular formula is C15H18O5. The molecule has 5 nitrogen and oxygen atoms in total. The van der Waals surface area contributed by atoms with Crippen LogP contribution in [0.3, 0.4) is 0 Å². The minimum Gasteiger partial charge on any atom is -0.494 e. The fourth-order valence-corrected chi connectivity index (χ4v) is 1.38. The van der Waals surface area contributed by atoms with Crippen LogP contribution in [0.15, 0.2) is 36.4 Å². The van der Waals surface area contributed by atoms with Crippen molar-refractivity contribution in [2.24, 2.45) is 0 Å². The Hall–Kier alpha value is -2.30. The maximum absolute atomic E-state index is 11.1. The van der Waals surface area contributed by atoms with E-state index in [9.17, 15) is 9.59 Å². The van der Waals surface area contributed by atoms with Gasteiger partial charge in [-0.1, -0.05) is 6.58 Å². The van der Waals surface area contributed by atoms with Crippen LogP contribution >= 0.6 is 0 Å². The summed E-state index contributed by atoms with van der Waals surface area (Å²) in [5.74, 6) is -0.722. The van der Waals surface area contributed by atoms with Crippen molar-refractivity contribution in [2.45, 2.75) is 19.8 Å². The van der Waals surface area contributed by atoms with Crippen LogP contribution in [-0.4, -0.2) is 30.3 Å². The average Bonchev–Trinajstić information content (AvgIpc) is 2.42. The Morgan fingerprint density at radius 2 is 1.75 bits per heavy atom. The first-order chi connectivity index (χ1) is 9.50. The number of hydrogen-bond acceptors (Lipinski definition) is 4. The van der Waals surface area contributed by atoms with Crippen LogP contribution in [0.5, 0.6) is 5.75 Å². The van der Waals surface area contributed by atoms with E-state index in [-0.39, 0.29) is 11.5 Å². The van der Waals surface area contributed by atoms with Gasteiger partial charge in [0, 0.05) is 5.57 Å². The van der Waals surface area contributed by atoms with Crippen molar-refractivity contribution in [3.63, 3.8) is 0 Å². The van der Waals surface area contributed by atoms with E-state index in [0.717, 1.165) is 6.42 Å². The maximum Gasteiger partial charge on any atom is 0.335 e. The molecule has 0 saturated carbocycles. The molecule has 0 aliphatic rings. The smallest absolute Gasteiger partial charge is 0.335 e. The zero-order valence-corrected chi connectivity index (χ0v) is 11.4. The highest BCUT2D eigenvalue weighted by Gasteiger charge is 2.03. The van der Waals surface area contributed by atoms with E-state index in [1.165, 1.54) is 12.1 Å². The summed E-state index contributed by atoms with van der Waals surface area (Å²) >= 11 is 0. The predicted octanol–water partition coefficient (Wildman–Crippen LogP) is 2.66. The molecule has 20 heavy (non-hydrogen) atoms. The third kappa shape index (κ3) is 5.56. The molecule has 0 saturated heterocycles. The average molecular weight is 278 g/mol. The summed E-state index contributed by atoms with van der Waals surface area (Å²) in [6, 6.07) is 6.22. The van der Waals surface area contributed by atoms with Gasteiger partial charge in [0.15, 0.2) is 0 Å². The van der Waals surface area contributed by atoms with Crippen LogP contribution in [0.2, 0.25) is 0 Å². The van der Waals surface area contributed by atoms with E-state index >= 15 is 0 Å². The Kier molecular flexibility index (Phi) is 6.29. The summed E-state index contributed by atoms with van der Waals surface area (Å²) in [4.78, 5) is 21.7. The van der Waals surface area contributed by atoms with Crippen molar-refractivity contribution in [3.05, 3.63) is 42.0 Å². The predicted molar refractivity (Wildman–Crippen MR) is 73.9 cm³/mol. The van der Waals surface area contributed by atoms with Crippen molar-refractivity contribution in [1.29, 1.82) is 0 Å². The Labute approximate surface area is 117 Å². The monoisotopic (exact) mass is 278 g/mol. The maximum atomic E-state index is 11.1. The zero-order valence-electron chi connectivity index (χ0n) is 11.4. The van der Waals surface area contributed by atoms with Gasteiger partial charge in [-0.3, -0.25) is 0 Å². The van der Waals surface area contributed by atoms with E-state index in [0.29, 0.717) is 31.0 Å². The van der Waals surface area contributed by atoms with E-state index in [1.54, 1.807) is 19.1 Å². The Bertz CT molecular complexity index is 476. The molecule has 0 bridgehead atoms. The Morgan fingerprint density at radius 3 is 2.30 bits per heavy atom. The molecule has 0 unspecified atom stereocenters. The molecule has 0 heterocycles. The molecule has 0 amide bonds. The van der Waals surface area contributed by atoms with E-state index < -0.39 is 5.97 Å². The lowest BCUT2D eigenvalue weighted by Gasteiger charge is -2.07. The summed E-state index contributed by atoms with van der Waals surface area (Å²) in [7, 11) is 0. The number of carbonyl (C=O) groups excluding carboxylic acids is 1. The van der Waals surface area contributed by atoms with Gasteiger partial charge < -0.3 is 14.6 Å². The van der Waals surface area contributed by atoms with Gasteiger partial charge in [0.1, 0.15) is 5.75 Å². The number of benzene rings is 1.